The quantitative estimate of drug-likeness (QED) is 0.365. The maximum absolute atomic E-state index is 14.0. The molecule has 0 radical (unpaired) electrons. The van der Waals surface area contributed by atoms with E-state index in [-0.39, 0.29) is 18.0 Å². The molecule has 32 heavy (non-hydrogen) atoms. The molecule has 0 aliphatic rings. The van der Waals surface area contributed by atoms with Gasteiger partial charge < -0.3 is 19.9 Å². The van der Waals surface area contributed by atoms with E-state index in [1.165, 1.54) is 25.3 Å². The Morgan fingerprint density at radius 1 is 0.969 bits per heavy atom. The highest BCUT2D eigenvalue weighted by Crippen LogP contribution is 2.32. The summed E-state index contributed by atoms with van der Waals surface area (Å²) in [6.45, 7) is 0.448. The second-order valence-electron chi connectivity index (χ2n) is 7.22. The first-order chi connectivity index (χ1) is 15.6. The smallest absolute Gasteiger partial charge is 0.335 e. The molecule has 0 unspecified atom stereocenters. The van der Waals surface area contributed by atoms with Gasteiger partial charge in [0.25, 0.3) is 0 Å². The average molecular weight is 431 g/mol. The van der Waals surface area contributed by atoms with Gasteiger partial charge in [-0.15, -0.1) is 0 Å². The van der Waals surface area contributed by atoms with Crippen molar-refractivity contribution in [1.82, 2.24) is 0 Å². The third-order valence-electron chi connectivity index (χ3n) is 5.24. The van der Waals surface area contributed by atoms with Gasteiger partial charge in [-0.25, -0.2) is 9.18 Å². The lowest BCUT2D eigenvalue weighted by molar-refractivity contribution is 0.0697. The van der Waals surface area contributed by atoms with Crippen LogP contribution in [0.15, 0.2) is 78.9 Å². The summed E-state index contributed by atoms with van der Waals surface area (Å²) in [6, 6.07) is 22.9. The molecule has 4 aromatic carbocycles. The number of halogens is 1. The topological polar surface area (TPSA) is 67.8 Å². The molecule has 5 nitrogen and oxygen atoms in total. The lowest BCUT2D eigenvalue weighted by Gasteiger charge is -2.17. The molecule has 2 N–H and O–H groups in total. The number of fused-ring (bicyclic) bond motifs is 1. The minimum Gasteiger partial charge on any atom is -0.495 e. The molecule has 0 aliphatic carbocycles. The lowest BCUT2D eigenvalue weighted by atomic mass is 10.0. The van der Waals surface area contributed by atoms with E-state index in [1.54, 1.807) is 24.3 Å². The second kappa shape index (κ2) is 9.39. The van der Waals surface area contributed by atoms with Gasteiger partial charge in [-0.1, -0.05) is 48.5 Å². The number of hydrogen-bond acceptors (Lipinski definition) is 4. The van der Waals surface area contributed by atoms with E-state index in [1.807, 2.05) is 36.4 Å². The minimum absolute atomic E-state index is 0.0931. The number of aromatic carboxylic acids is 1. The van der Waals surface area contributed by atoms with E-state index in [0.717, 1.165) is 16.3 Å². The zero-order valence-corrected chi connectivity index (χ0v) is 17.5. The van der Waals surface area contributed by atoms with Crippen LogP contribution in [0.1, 0.15) is 21.5 Å². The van der Waals surface area contributed by atoms with Crippen molar-refractivity contribution in [2.45, 2.75) is 13.2 Å². The number of rotatable bonds is 8. The molecule has 0 amide bonds. The van der Waals surface area contributed by atoms with Crippen LogP contribution in [0.5, 0.6) is 11.5 Å². The lowest BCUT2D eigenvalue weighted by Crippen LogP contribution is -2.07. The Hall–Kier alpha value is -4.06. The Morgan fingerprint density at radius 3 is 2.50 bits per heavy atom. The van der Waals surface area contributed by atoms with Crippen molar-refractivity contribution in [3.05, 3.63) is 101 Å². The SMILES string of the molecule is COc1ccc(C(=O)O)cc1NCc1c(OCc2ccccc2F)ccc2ccccc12. The molecule has 0 aliphatic heterocycles. The summed E-state index contributed by atoms with van der Waals surface area (Å²) < 4.78 is 25.4. The summed E-state index contributed by atoms with van der Waals surface area (Å²) >= 11 is 0. The molecule has 4 rings (SSSR count). The number of methoxy groups -OCH3 is 1. The third kappa shape index (κ3) is 4.49. The van der Waals surface area contributed by atoms with Gasteiger partial charge in [0, 0.05) is 17.7 Å². The van der Waals surface area contributed by atoms with Crippen molar-refractivity contribution in [1.29, 1.82) is 0 Å². The molecule has 0 bridgehead atoms. The first-order valence-corrected chi connectivity index (χ1v) is 10.1. The van der Waals surface area contributed by atoms with Gasteiger partial charge in [0.2, 0.25) is 0 Å². The van der Waals surface area contributed by atoms with Crippen molar-refractivity contribution in [2.75, 3.05) is 12.4 Å². The highest BCUT2D eigenvalue weighted by atomic mass is 19.1. The standard InChI is InChI=1S/C26H22FNO4/c1-31-25-13-11-18(26(29)30)14-23(25)28-15-21-20-8-4-2-6-17(20)10-12-24(21)32-16-19-7-3-5-9-22(19)27/h2-14,28H,15-16H2,1H3,(H,29,30). The number of benzene rings is 4. The van der Waals surface area contributed by atoms with Crippen LogP contribution in [-0.4, -0.2) is 18.2 Å². The van der Waals surface area contributed by atoms with Crippen molar-refractivity contribution >= 4 is 22.4 Å². The molecule has 0 fully saturated rings. The highest BCUT2D eigenvalue weighted by molar-refractivity contribution is 5.90. The summed E-state index contributed by atoms with van der Waals surface area (Å²) in [5.41, 5.74) is 2.06. The number of carbonyl (C=O) groups is 1. The third-order valence-corrected chi connectivity index (χ3v) is 5.24. The van der Waals surface area contributed by atoms with E-state index < -0.39 is 5.97 Å². The Balaban J connectivity index is 1.66. The predicted octanol–water partition coefficient (Wildman–Crippen LogP) is 5.88. The summed E-state index contributed by atoms with van der Waals surface area (Å²) in [7, 11) is 1.53. The molecule has 4 aromatic rings. The van der Waals surface area contributed by atoms with E-state index in [4.69, 9.17) is 9.47 Å². The molecular weight excluding hydrogens is 409 g/mol. The number of nitrogens with one attached hydrogen (secondary N) is 1. The van der Waals surface area contributed by atoms with Crippen LogP contribution in [0.3, 0.4) is 0 Å². The van der Waals surface area contributed by atoms with E-state index in [9.17, 15) is 14.3 Å². The molecule has 0 atom stereocenters. The van der Waals surface area contributed by atoms with Crippen molar-refractivity contribution < 1.29 is 23.8 Å². The van der Waals surface area contributed by atoms with Crippen LogP contribution in [-0.2, 0) is 13.2 Å². The summed E-state index contributed by atoms with van der Waals surface area (Å²) in [4.78, 5) is 11.4. The van der Waals surface area contributed by atoms with Crippen LogP contribution in [0.4, 0.5) is 10.1 Å². The second-order valence-corrected chi connectivity index (χ2v) is 7.22. The molecule has 0 heterocycles. The fraction of sp³-hybridized carbons (Fsp3) is 0.115. The average Bonchev–Trinajstić information content (AvgIpc) is 2.82. The Kier molecular flexibility index (Phi) is 6.22. The zero-order chi connectivity index (χ0) is 22.5. The largest absolute Gasteiger partial charge is 0.495 e. The number of carboxylic acids is 1. The monoisotopic (exact) mass is 431 g/mol. The highest BCUT2D eigenvalue weighted by Gasteiger charge is 2.13. The van der Waals surface area contributed by atoms with Crippen molar-refractivity contribution in [3.63, 3.8) is 0 Å². The predicted molar refractivity (Wildman–Crippen MR) is 122 cm³/mol. The molecule has 0 saturated heterocycles. The zero-order valence-electron chi connectivity index (χ0n) is 17.5. The van der Waals surface area contributed by atoms with Crippen LogP contribution < -0.4 is 14.8 Å². The first-order valence-electron chi connectivity index (χ1n) is 10.1. The van der Waals surface area contributed by atoms with Gasteiger partial charge in [-0.05, 0) is 41.1 Å². The fourth-order valence-corrected chi connectivity index (χ4v) is 3.57. The number of carboxylic acid groups (broad SMARTS) is 1. The van der Waals surface area contributed by atoms with Crippen LogP contribution in [0, 0.1) is 5.82 Å². The van der Waals surface area contributed by atoms with Gasteiger partial charge >= 0.3 is 5.97 Å². The van der Waals surface area contributed by atoms with Crippen LogP contribution in [0.25, 0.3) is 10.8 Å². The molecule has 0 aromatic heterocycles. The Morgan fingerprint density at radius 2 is 1.72 bits per heavy atom. The molecule has 0 spiro atoms. The van der Waals surface area contributed by atoms with Crippen LogP contribution >= 0.6 is 0 Å². The normalized spacial score (nSPS) is 10.7. The van der Waals surface area contributed by atoms with Crippen molar-refractivity contribution in [2.24, 2.45) is 0 Å². The van der Waals surface area contributed by atoms with Crippen molar-refractivity contribution in [3.8, 4) is 11.5 Å². The summed E-state index contributed by atoms with van der Waals surface area (Å²) in [6.07, 6.45) is 0. The van der Waals surface area contributed by atoms with E-state index in [0.29, 0.717) is 29.3 Å². The number of hydrogen-bond donors (Lipinski definition) is 2. The molecular formula is C26H22FNO4. The summed E-state index contributed by atoms with van der Waals surface area (Å²) in [5.74, 6) is -0.185. The Bertz CT molecular complexity index is 1270. The van der Waals surface area contributed by atoms with Gasteiger partial charge in [0.05, 0.1) is 18.4 Å². The molecule has 0 saturated carbocycles. The number of anilines is 1. The fourth-order valence-electron chi connectivity index (χ4n) is 3.57. The van der Waals surface area contributed by atoms with Gasteiger partial charge in [-0.3, -0.25) is 0 Å². The Labute approximate surface area is 185 Å². The van der Waals surface area contributed by atoms with E-state index in [2.05, 4.69) is 5.32 Å². The molecule has 162 valence electrons. The van der Waals surface area contributed by atoms with Gasteiger partial charge in [0.1, 0.15) is 23.9 Å². The maximum atomic E-state index is 14.0. The van der Waals surface area contributed by atoms with Gasteiger partial charge in [0.15, 0.2) is 0 Å². The maximum Gasteiger partial charge on any atom is 0.335 e. The van der Waals surface area contributed by atoms with Crippen LogP contribution in [0.2, 0.25) is 0 Å². The number of ether oxygens (including phenoxy) is 2. The van der Waals surface area contributed by atoms with Gasteiger partial charge in [-0.2, -0.15) is 0 Å². The summed E-state index contributed by atoms with van der Waals surface area (Å²) in [5, 5.41) is 14.6. The minimum atomic E-state index is -1.02. The molecule has 6 heteroatoms. The first kappa shape index (κ1) is 21.2. The van der Waals surface area contributed by atoms with E-state index >= 15 is 0 Å².